The van der Waals surface area contributed by atoms with Crippen LogP contribution in [0.15, 0.2) is 54.6 Å². The molecule has 2 aromatic carbocycles. The number of aryl methyl sites for hydroxylation is 1. The highest BCUT2D eigenvalue weighted by atomic mass is 35.5. The zero-order valence-electron chi connectivity index (χ0n) is 13.2. The molecule has 1 N–H and O–H groups in total. The van der Waals surface area contributed by atoms with Gasteiger partial charge in [0.05, 0.1) is 10.7 Å². The van der Waals surface area contributed by atoms with Gasteiger partial charge >= 0.3 is 5.97 Å². The molecule has 0 saturated carbocycles. The van der Waals surface area contributed by atoms with Crippen LogP contribution in [-0.4, -0.2) is 16.1 Å². The van der Waals surface area contributed by atoms with E-state index in [0.717, 1.165) is 0 Å². The van der Waals surface area contributed by atoms with E-state index in [2.05, 4.69) is 4.98 Å². The van der Waals surface area contributed by atoms with Crippen molar-refractivity contribution in [3.63, 3.8) is 0 Å². The molecule has 3 rings (SSSR count). The maximum atomic E-state index is 13.8. The van der Waals surface area contributed by atoms with Crippen molar-refractivity contribution in [2.75, 3.05) is 0 Å². The molecule has 0 aliphatic rings. The number of benzene rings is 2. The van der Waals surface area contributed by atoms with Crippen LogP contribution >= 0.6 is 11.6 Å². The number of ether oxygens (including phenoxy) is 1. The second-order valence-electron chi connectivity index (χ2n) is 5.35. The molecule has 6 heteroatoms. The fourth-order valence-electron chi connectivity index (χ4n) is 2.23. The van der Waals surface area contributed by atoms with E-state index in [-0.39, 0.29) is 23.0 Å². The molecule has 1 heterocycles. The van der Waals surface area contributed by atoms with Crippen molar-refractivity contribution in [3.05, 3.63) is 76.6 Å². The van der Waals surface area contributed by atoms with Crippen LogP contribution in [0.1, 0.15) is 15.9 Å². The number of carboxylic acids is 1. The average molecular weight is 358 g/mol. The number of carboxylic acid groups (broad SMARTS) is 1. The molecular weight excluding hydrogens is 345 g/mol. The van der Waals surface area contributed by atoms with Gasteiger partial charge in [0.2, 0.25) is 5.88 Å². The van der Waals surface area contributed by atoms with Crippen molar-refractivity contribution in [2.45, 2.75) is 6.92 Å². The number of para-hydroxylation sites is 1. The number of aromatic nitrogens is 1. The predicted molar refractivity (Wildman–Crippen MR) is 92.9 cm³/mol. The van der Waals surface area contributed by atoms with Gasteiger partial charge in [0.1, 0.15) is 17.1 Å². The molecule has 3 aromatic rings. The first kappa shape index (κ1) is 16.9. The van der Waals surface area contributed by atoms with E-state index >= 15 is 0 Å². The van der Waals surface area contributed by atoms with E-state index in [9.17, 15) is 14.3 Å². The fourth-order valence-corrected chi connectivity index (χ4v) is 2.40. The molecule has 0 bridgehead atoms. The maximum Gasteiger partial charge on any atom is 0.341 e. The number of nitrogens with zero attached hydrogens (tertiary/aromatic N) is 1. The largest absolute Gasteiger partial charge is 0.477 e. The number of carbonyl (C=O) groups is 1. The SMILES string of the molecule is Cc1ccc(-c2ccc(C(=O)O)c(Oc3ccccc3Cl)n2)cc1F. The van der Waals surface area contributed by atoms with E-state index in [1.807, 2.05) is 0 Å². The molecule has 0 unspecified atom stereocenters. The highest BCUT2D eigenvalue weighted by Crippen LogP contribution is 2.32. The second kappa shape index (κ2) is 6.91. The van der Waals surface area contributed by atoms with E-state index in [0.29, 0.717) is 21.8 Å². The van der Waals surface area contributed by atoms with Gasteiger partial charge in [-0.05, 0) is 42.8 Å². The summed E-state index contributed by atoms with van der Waals surface area (Å²) in [5.74, 6) is -1.38. The number of hydrogen-bond acceptors (Lipinski definition) is 3. The van der Waals surface area contributed by atoms with Gasteiger partial charge < -0.3 is 9.84 Å². The lowest BCUT2D eigenvalue weighted by Gasteiger charge is -2.11. The minimum atomic E-state index is -1.18. The monoisotopic (exact) mass is 357 g/mol. The molecule has 0 aliphatic heterocycles. The van der Waals surface area contributed by atoms with Crippen LogP contribution in [-0.2, 0) is 0 Å². The average Bonchev–Trinajstić information content (AvgIpc) is 2.59. The molecule has 0 fully saturated rings. The van der Waals surface area contributed by atoms with Gasteiger partial charge in [-0.2, -0.15) is 0 Å². The normalized spacial score (nSPS) is 10.5. The van der Waals surface area contributed by atoms with E-state index < -0.39 is 5.97 Å². The molecule has 25 heavy (non-hydrogen) atoms. The zero-order chi connectivity index (χ0) is 18.0. The zero-order valence-corrected chi connectivity index (χ0v) is 13.9. The highest BCUT2D eigenvalue weighted by Gasteiger charge is 2.17. The first-order valence-electron chi connectivity index (χ1n) is 7.39. The lowest BCUT2D eigenvalue weighted by atomic mass is 10.1. The molecule has 1 aromatic heterocycles. The molecule has 0 saturated heterocycles. The lowest BCUT2D eigenvalue weighted by Crippen LogP contribution is -2.03. The molecular formula is C19H13ClFNO3. The summed E-state index contributed by atoms with van der Waals surface area (Å²) in [5, 5.41) is 9.67. The highest BCUT2D eigenvalue weighted by molar-refractivity contribution is 6.32. The van der Waals surface area contributed by atoms with Crippen molar-refractivity contribution < 1.29 is 19.0 Å². The van der Waals surface area contributed by atoms with Crippen LogP contribution in [0.3, 0.4) is 0 Å². The first-order chi connectivity index (χ1) is 12.0. The second-order valence-corrected chi connectivity index (χ2v) is 5.76. The third kappa shape index (κ3) is 3.61. The fraction of sp³-hybridized carbons (Fsp3) is 0.0526. The maximum absolute atomic E-state index is 13.8. The Balaban J connectivity index is 2.07. The van der Waals surface area contributed by atoms with Crippen LogP contribution < -0.4 is 4.74 Å². The van der Waals surface area contributed by atoms with Gasteiger partial charge in [-0.15, -0.1) is 0 Å². The number of aromatic carboxylic acids is 1. The van der Waals surface area contributed by atoms with Gasteiger partial charge in [0, 0.05) is 5.56 Å². The van der Waals surface area contributed by atoms with Crippen LogP contribution in [0.5, 0.6) is 11.6 Å². The third-order valence-electron chi connectivity index (χ3n) is 3.60. The Hall–Kier alpha value is -2.92. The van der Waals surface area contributed by atoms with Gasteiger partial charge in [0.15, 0.2) is 0 Å². The van der Waals surface area contributed by atoms with Crippen molar-refractivity contribution >= 4 is 17.6 Å². The Morgan fingerprint density at radius 3 is 2.60 bits per heavy atom. The smallest absolute Gasteiger partial charge is 0.341 e. The topological polar surface area (TPSA) is 59.4 Å². The standard InChI is InChI=1S/C19H13ClFNO3/c1-11-6-7-12(10-15(11)21)16-9-8-13(19(23)24)18(22-16)25-17-5-3-2-4-14(17)20/h2-10H,1H3,(H,23,24). The summed E-state index contributed by atoms with van der Waals surface area (Å²) in [6.07, 6.45) is 0. The third-order valence-corrected chi connectivity index (χ3v) is 3.91. The van der Waals surface area contributed by atoms with Crippen LogP contribution in [0.4, 0.5) is 4.39 Å². The molecule has 126 valence electrons. The number of pyridine rings is 1. The van der Waals surface area contributed by atoms with Crippen LogP contribution in [0.25, 0.3) is 11.3 Å². The van der Waals surface area contributed by atoms with Gasteiger partial charge in [-0.25, -0.2) is 14.2 Å². The van der Waals surface area contributed by atoms with Crippen molar-refractivity contribution in [2.24, 2.45) is 0 Å². The van der Waals surface area contributed by atoms with E-state index in [1.165, 1.54) is 18.2 Å². The summed E-state index contributed by atoms with van der Waals surface area (Å²) >= 11 is 6.05. The Morgan fingerprint density at radius 1 is 1.16 bits per heavy atom. The minimum Gasteiger partial charge on any atom is -0.477 e. The number of hydrogen-bond donors (Lipinski definition) is 1. The Labute approximate surface area is 148 Å². The minimum absolute atomic E-state index is 0.112. The van der Waals surface area contributed by atoms with E-state index in [4.69, 9.17) is 16.3 Å². The Bertz CT molecular complexity index is 959. The summed E-state index contributed by atoms with van der Waals surface area (Å²) in [6, 6.07) is 14.2. The number of rotatable bonds is 4. The Kier molecular flexibility index (Phi) is 4.67. The van der Waals surface area contributed by atoms with Gasteiger partial charge in [0.25, 0.3) is 0 Å². The molecule has 0 radical (unpaired) electrons. The predicted octanol–water partition coefficient (Wildman–Crippen LogP) is 5.34. The molecule has 0 aliphatic carbocycles. The summed E-state index contributed by atoms with van der Waals surface area (Å²) in [7, 11) is 0. The summed E-state index contributed by atoms with van der Waals surface area (Å²) in [5.41, 5.74) is 1.31. The first-order valence-corrected chi connectivity index (χ1v) is 7.77. The molecule has 0 spiro atoms. The Morgan fingerprint density at radius 2 is 1.92 bits per heavy atom. The molecule has 0 atom stereocenters. The molecule has 4 nitrogen and oxygen atoms in total. The van der Waals surface area contributed by atoms with Crippen molar-refractivity contribution in [3.8, 4) is 22.9 Å². The number of halogens is 2. The molecule has 0 amide bonds. The van der Waals surface area contributed by atoms with E-state index in [1.54, 1.807) is 43.3 Å². The van der Waals surface area contributed by atoms with Crippen molar-refractivity contribution in [1.82, 2.24) is 4.98 Å². The van der Waals surface area contributed by atoms with Crippen LogP contribution in [0.2, 0.25) is 5.02 Å². The summed E-state index contributed by atoms with van der Waals surface area (Å²) in [4.78, 5) is 15.7. The van der Waals surface area contributed by atoms with Crippen molar-refractivity contribution in [1.29, 1.82) is 0 Å². The van der Waals surface area contributed by atoms with Gasteiger partial charge in [-0.3, -0.25) is 0 Å². The summed E-state index contributed by atoms with van der Waals surface area (Å²) < 4.78 is 19.4. The lowest BCUT2D eigenvalue weighted by molar-refractivity contribution is 0.0693. The van der Waals surface area contributed by atoms with Crippen LogP contribution in [0, 0.1) is 12.7 Å². The summed E-state index contributed by atoms with van der Waals surface area (Å²) in [6.45, 7) is 1.66. The van der Waals surface area contributed by atoms with Gasteiger partial charge in [-0.1, -0.05) is 35.9 Å². The quantitative estimate of drug-likeness (QED) is 0.684.